The fraction of sp³-hybridized carbons (Fsp3) is 0.700. The van der Waals surface area contributed by atoms with Crippen LogP contribution in [0, 0.1) is 11.8 Å². The number of ether oxygens (including phenoxy) is 1. The molecule has 3 nitrogen and oxygen atoms in total. The molecule has 3 rings (SSSR count). The van der Waals surface area contributed by atoms with Crippen LogP contribution in [-0.4, -0.2) is 37.6 Å². The molecule has 0 saturated carbocycles. The van der Waals surface area contributed by atoms with E-state index >= 15 is 0 Å². The third kappa shape index (κ3) is 1.37. The summed E-state index contributed by atoms with van der Waals surface area (Å²) >= 11 is 0. The smallest absolute Gasteiger partial charge is 0.310 e. The van der Waals surface area contributed by atoms with Crippen molar-refractivity contribution in [3.8, 4) is 0 Å². The highest BCUT2D eigenvalue weighted by molar-refractivity contribution is 5.74. The molecule has 0 amide bonds. The van der Waals surface area contributed by atoms with Gasteiger partial charge in [-0.1, -0.05) is 12.2 Å². The quantitative estimate of drug-likeness (QED) is 0.440. The fourth-order valence-corrected chi connectivity index (χ4v) is 2.42. The molecule has 3 unspecified atom stereocenters. The Hall–Kier alpha value is -0.830. The number of hydrogen-bond acceptors (Lipinski definition) is 3. The Bertz CT molecular complexity index is 249. The van der Waals surface area contributed by atoms with Crippen LogP contribution < -0.4 is 0 Å². The highest BCUT2D eigenvalue weighted by Crippen LogP contribution is 2.33. The number of rotatable bonds is 1. The van der Waals surface area contributed by atoms with Gasteiger partial charge in [-0.05, 0) is 19.4 Å². The van der Waals surface area contributed by atoms with E-state index in [1.807, 2.05) is 0 Å². The molecule has 0 N–H and O–H groups in total. The van der Waals surface area contributed by atoms with Crippen LogP contribution >= 0.6 is 0 Å². The summed E-state index contributed by atoms with van der Waals surface area (Å²) in [5.74, 6) is 0.531. The zero-order chi connectivity index (χ0) is 9.42. The minimum Gasteiger partial charge on any atom is -0.469 e. The van der Waals surface area contributed by atoms with Gasteiger partial charge in [0.2, 0.25) is 0 Å². The second-order valence-electron chi connectivity index (χ2n) is 3.94. The minimum atomic E-state index is -0.0640. The number of nitrogens with zero attached hydrogens (tertiary/aromatic N) is 1. The molecule has 2 bridgehead atoms. The maximum Gasteiger partial charge on any atom is 0.310 e. The lowest BCUT2D eigenvalue weighted by molar-refractivity contribution is -0.149. The molecule has 1 saturated heterocycles. The molecule has 0 radical (unpaired) electrons. The molecule has 3 aliphatic rings. The summed E-state index contributed by atoms with van der Waals surface area (Å²) in [6, 6.07) is 0.262. The van der Waals surface area contributed by atoms with E-state index in [-0.39, 0.29) is 17.9 Å². The number of likely N-dealkylation sites (N-methyl/N-ethyl adjacent to an activating group) is 1. The van der Waals surface area contributed by atoms with E-state index in [0.717, 1.165) is 13.0 Å². The van der Waals surface area contributed by atoms with Crippen molar-refractivity contribution >= 4 is 5.97 Å². The van der Waals surface area contributed by atoms with Crippen LogP contribution in [0.5, 0.6) is 0 Å². The third-order valence-corrected chi connectivity index (χ3v) is 3.08. The molecule has 1 fully saturated rings. The van der Waals surface area contributed by atoms with E-state index in [1.165, 1.54) is 7.11 Å². The minimum absolute atomic E-state index is 0.0544. The van der Waals surface area contributed by atoms with E-state index < -0.39 is 0 Å². The van der Waals surface area contributed by atoms with Gasteiger partial charge in [-0.15, -0.1) is 0 Å². The normalized spacial score (nSPS) is 37.8. The van der Waals surface area contributed by atoms with Gasteiger partial charge in [-0.2, -0.15) is 0 Å². The summed E-state index contributed by atoms with van der Waals surface area (Å²) in [6.07, 6.45) is 5.32. The molecule has 3 atom stereocenters. The first-order valence-electron chi connectivity index (χ1n) is 4.68. The Morgan fingerprint density at radius 1 is 1.54 bits per heavy atom. The second kappa shape index (κ2) is 3.14. The van der Waals surface area contributed by atoms with Gasteiger partial charge in [0.1, 0.15) is 0 Å². The van der Waals surface area contributed by atoms with Crippen molar-refractivity contribution in [2.75, 3.05) is 20.7 Å². The van der Waals surface area contributed by atoms with E-state index in [2.05, 4.69) is 24.1 Å². The molecule has 72 valence electrons. The van der Waals surface area contributed by atoms with Gasteiger partial charge in [0.05, 0.1) is 13.0 Å². The van der Waals surface area contributed by atoms with Gasteiger partial charge < -0.3 is 4.74 Å². The molecule has 0 aromatic rings. The standard InChI is InChI=1S/C10H15NO2/c1-11-6-7-3-4-9(11)8(5-7)10(12)13-2/h3-4,7-9H,5-6H2,1-2H3. The van der Waals surface area contributed by atoms with Crippen molar-refractivity contribution in [3.63, 3.8) is 0 Å². The summed E-state index contributed by atoms with van der Waals surface area (Å²) in [5.41, 5.74) is 0. The average molecular weight is 181 g/mol. The number of hydrogen-bond donors (Lipinski definition) is 0. The molecule has 2 heterocycles. The molecular weight excluding hydrogens is 166 g/mol. The van der Waals surface area contributed by atoms with E-state index in [4.69, 9.17) is 4.74 Å². The predicted octanol–water partition coefficient (Wildman–Crippen LogP) is 0.666. The van der Waals surface area contributed by atoms with Crippen LogP contribution in [0.1, 0.15) is 6.42 Å². The van der Waals surface area contributed by atoms with Crippen molar-refractivity contribution in [3.05, 3.63) is 12.2 Å². The third-order valence-electron chi connectivity index (χ3n) is 3.08. The first kappa shape index (κ1) is 8.75. The van der Waals surface area contributed by atoms with Crippen molar-refractivity contribution in [2.24, 2.45) is 11.8 Å². The summed E-state index contributed by atoms with van der Waals surface area (Å²) in [7, 11) is 3.53. The topological polar surface area (TPSA) is 29.5 Å². The van der Waals surface area contributed by atoms with Crippen molar-refractivity contribution in [1.29, 1.82) is 0 Å². The van der Waals surface area contributed by atoms with E-state index in [9.17, 15) is 4.79 Å². The van der Waals surface area contributed by atoms with Crippen LogP contribution in [-0.2, 0) is 9.53 Å². The Balaban J connectivity index is 2.16. The molecule has 13 heavy (non-hydrogen) atoms. The van der Waals surface area contributed by atoms with Gasteiger partial charge >= 0.3 is 5.97 Å². The molecule has 2 aliphatic heterocycles. The first-order chi connectivity index (χ1) is 6.22. The number of fused-ring (bicyclic) bond motifs is 2. The molecule has 1 aliphatic carbocycles. The van der Waals surface area contributed by atoms with Gasteiger partial charge in [0.25, 0.3) is 0 Å². The molecule has 0 aromatic heterocycles. The van der Waals surface area contributed by atoms with Gasteiger partial charge in [0.15, 0.2) is 0 Å². The Morgan fingerprint density at radius 3 is 2.85 bits per heavy atom. The lowest BCUT2D eigenvalue weighted by Gasteiger charge is -2.43. The molecule has 0 aromatic carbocycles. The maximum atomic E-state index is 11.4. The van der Waals surface area contributed by atoms with Gasteiger partial charge in [-0.3, -0.25) is 9.69 Å². The highest BCUT2D eigenvalue weighted by atomic mass is 16.5. The summed E-state index contributed by atoms with van der Waals surface area (Å²) < 4.78 is 4.79. The molecular formula is C10H15NO2. The number of piperidine rings is 1. The van der Waals surface area contributed by atoms with E-state index in [0.29, 0.717) is 5.92 Å². The molecule has 3 heteroatoms. The van der Waals surface area contributed by atoms with Crippen molar-refractivity contribution in [1.82, 2.24) is 4.90 Å². The lowest BCUT2D eigenvalue weighted by atomic mass is 9.78. The van der Waals surface area contributed by atoms with Gasteiger partial charge in [0, 0.05) is 12.6 Å². The van der Waals surface area contributed by atoms with Gasteiger partial charge in [-0.25, -0.2) is 0 Å². The number of carbonyl (C=O) groups excluding carboxylic acids is 1. The number of methoxy groups -OCH3 is 1. The summed E-state index contributed by atoms with van der Waals surface area (Å²) in [5, 5.41) is 0. The van der Waals surface area contributed by atoms with Crippen molar-refractivity contribution in [2.45, 2.75) is 12.5 Å². The SMILES string of the molecule is COC(=O)C1CC2C=CC1N(C)C2. The largest absolute Gasteiger partial charge is 0.469 e. The summed E-state index contributed by atoms with van der Waals surface area (Å²) in [4.78, 5) is 13.7. The Kier molecular flexibility index (Phi) is 2.12. The molecule has 0 spiro atoms. The average Bonchev–Trinajstić information content (AvgIpc) is 2.17. The first-order valence-corrected chi connectivity index (χ1v) is 4.68. The van der Waals surface area contributed by atoms with Crippen LogP contribution in [0.3, 0.4) is 0 Å². The highest BCUT2D eigenvalue weighted by Gasteiger charge is 2.39. The predicted molar refractivity (Wildman–Crippen MR) is 49.2 cm³/mol. The zero-order valence-electron chi connectivity index (χ0n) is 8.06. The lowest BCUT2D eigenvalue weighted by Crippen LogP contribution is -2.50. The summed E-state index contributed by atoms with van der Waals surface area (Å²) in [6.45, 7) is 1.08. The van der Waals surface area contributed by atoms with E-state index in [1.54, 1.807) is 0 Å². The van der Waals surface area contributed by atoms with Crippen LogP contribution in [0.4, 0.5) is 0 Å². The fourth-order valence-electron chi connectivity index (χ4n) is 2.42. The van der Waals surface area contributed by atoms with Crippen LogP contribution in [0.15, 0.2) is 12.2 Å². The Morgan fingerprint density at radius 2 is 2.31 bits per heavy atom. The van der Waals surface area contributed by atoms with Crippen molar-refractivity contribution < 1.29 is 9.53 Å². The monoisotopic (exact) mass is 181 g/mol. The van der Waals surface area contributed by atoms with Crippen LogP contribution in [0.25, 0.3) is 0 Å². The zero-order valence-corrected chi connectivity index (χ0v) is 8.06. The Labute approximate surface area is 78.4 Å². The number of esters is 1. The van der Waals surface area contributed by atoms with Crippen LogP contribution in [0.2, 0.25) is 0 Å². The number of carbonyl (C=O) groups is 1. The second-order valence-corrected chi connectivity index (χ2v) is 3.94. The maximum absolute atomic E-state index is 11.4.